The van der Waals surface area contributed by atoms with Crippen molar-refractivity contribution in [2.75, 3.05) is 45.8 Å². The molecule has 3 N–H and O–H groups in total. The number of hydrogen-bond donors (Lipinski definition) is 3. The molecule has 0 saturated carbocycles. The van der Waals surface area contributed by atoms with Gasteiger partial charge in [0.15, 0.2) is 0 Å². The van der Waals surface area contributed by atoms with Gasteiger partial charge in [0.2, 0.25) is 10.0 Å². The van der Waals surface area contributed by atoms with E-state index in [0.29, 0.717) is 30.2 Å². The number of ether oxygens (including phenoxy) is 3. The van der Waals surface area contributed by atoms with E-state index in [4.69, 9.17) is 14.2 Å². The van der Waals surface area contributed by atoms with Gasteiger partial charge in [-0.05, 0) is 89.4 Å². The van der Waals surface area contributed by atoms with Crippen molar-refractivity contribution in [1.29, 1.82) is 0 Å². The zero-order valence-electron chi connectivity index (χ0n) is 28.0. The van der Waals surface area contributed by atoms with Crippen LogP contribution in [-0.2, 0) is 14.8 Å². The minimum atomic E-state index is -3.84. The van der Waals surface area contributed by atoms with Crippen LogP contribution in [0.1, 0.15) is 64.2 Å². The number of benzene rings is 2. The summed E-state index contributed by atoms with van der Waals surface area (Å²) in [7, 11) is -0.813. The number of amides is 3. The molecule has 0 aliphatic carbocycles. The summed E-state index contributed by atoms with van der Waals surface area (Å²) in [6.45, 7) is 9.61. The third kappa shape index (κ3) is 10.1. The molecule has 4 atom stereocenters. The Bertz CT molecular complexity index is 1400. The third-order valence-corrected chi connectivity index (χ3v) is 9.77. The first kappa shape index (κ1) is 37.1. The Hall–Kier alpha value is -3.39. The number of aliphatic hydroxyl groups excluding tert-OH is 1. The van der Waals surface area contributed by atoms with Crippen LogP contribution in [0.15, 0.2) is 47.4 Å². The third-order valence-electron chi connectivity index (χ3n) is 7.93. The predicted octanol–water partition coefficient (Wildman–Crippen LogP) is 4.34. The molecule has 0 bridgehead atoms. The van der Waals surface area contributed by atoms with Gasteiger partial charge in [0, 0.05) is 44.4 Å². The number of anilines is 1. The summed E-state index contributed by atoms with van der Waals surface area (Å²) < 4.78 is 45.9. The van der Waals surface area contributed by atoms with Crippen molar-refractivity contribution < 1.29 is 37.3 Å². The Balaban J connectivity index is 1.95. The van der Waals surface area contributed by atoms with E-state index in [0.717, 1.165) is 12.8 Å². The molecule has 1 aliphatic rings. The van der Waals surface area contributed by atoms with E-state index in [9.17, 15) is 23.1 Å². The lowest BCUT2D eigenvalue weighted by Gasteiger charge is -2.35. The number of hydrogen-bond acceptors (Lipinski definition) is 8. The van der Waals surface area contributed by atoms with Gasteiger partial charge in [0.25, 0.3) is 5.91 Å². The standard InChI is InChI=1S/C33H50N4O8S/c1-22(2)34-33(40)35-26-11-16-30-29(18-26)32(39)37(24(4)21-38)19-23(3)31(44-17-9-8-10-25(5)45-30)20-36(6)46(41,42)28-14-12-27(43-7)13-15-28/h11-16,18,22-25,31,38H,8-10,17,19-21H2,1-7H3,(H2,34,35,40)/t23-,24+,25-,31-/m0/s1. The maximum atomic E-state index is 14.2. The molecule has 0 spiro atoms. The van der Waals surface area contributed by atoms with Crippen molar-refractivity contribution in [3.05, 3.63) is 48.0 Å². The van der Waals surface area contributed by atoms with E-state index in [2.05, 4.69) is 10.6 Å². The van der Waals surface area contributed by atoms with Crippen molar-refractivity contribution in [3.8, 4) is 11.5 Å². The van der Waals surface area contributed by atoms with Gasteiger partial charge in [0.05, 0.1) is 42.4 Å². The molecule has 0 radical (unpaired) electrons. The molecule has 2 aromatic rings. The summed E-state index contributed by atoms with van der Waals surface area (Å²) in [5, 5.41) is 15.7. The maximum absolute atomic E-state index is 14.2. The molecule has 0 fully saturated rings. The number of nitrogens with zero attached hydrogens (tertiary/aromatic N) is 2. The van der Waals surface area contributed by atoms with Gasteiger partial charge in [-0.1, -0.05) is 6.92 Å². The summed E-state index contributed by atoms with van der Waals surface area (Å²) in [5.74, 6) is 0.218. The number of methoxy groups -OCH3 is 1. The first-order chi connectivity index (χ1) is 21.8. The number of carbonyl (C=O) groups excluding carboxylic acids is 2. The second-order valence-corrected chi connectivity index (χ2v) is 14.3. The van der Waals surface area contributed by atoms with Crippen molar-refractivity contribution in [3.63, 3.8) is 0 Å². The summed E-state index contributed by atoms with van der Waals surface area (Å²) in [6.07, 6.45) is 1.48. The van der Waals surface area contributed by atoms with Gasteiger partial charge < -0.3 is 34.9 Å². The smallest absolute Gasteiger partial charge is 0.319 e. The van der Waals surface area contributed by atoms with Crippen LogP contribution < -0.4 is 20.1 Å². The highest BCUT2D eigenvalue weighted by Gasteiger charge is 2.32. The van der Waals surface area contributed by atoms with Crippen LogP contribution in [0.4, 0.5) is 10.5 Å². The molecule has 2 aromatic carbocycles. The van der Waals surface area contributed by atoms with E-state index in [-0.39, 0.29) is 48.2 Å². The zero-order valence-corrected chi connectivity index (χ0v) is 28.8. The average Bonchev–Trinajstić information content (AvgIpc) is 3.01. The normalized spacial score (nSPS) is 20.8. The molecule has 13 heteroatoms. The van der Waals surface area contributed by atoms with Crippen LogP contribution in [0, 0.1) is 5.92 Å². The molecule has 12 nitrogen and oxygen atoms in total. The topological polar surface area (TPSA) is 147 Å². The van der Waals surface area contributed by atoms with Gasteiger partial charge >= 0.3 is 6.03 Å². The molecule has 46 heavy (non-hydrogen) atoms. The van der Waals surface area contributed by atoms with Gasteiger partial charge in [-0.3, -0.25) is 4.79 Å². The summed E-state index contributed by atoms with van der Waals surface area (Å²) in [4.78, 5) is 28.4. The first-order valence-electron chi connectivity index (χ1n) is 15.8. The molecule has 0 unspecified atom stereocenters. The largest absolute Gasteiger partial charge is 0.497 e. The Morgan fingerprint density at radius 3 is 2.46 bits per heavy atom. The number of sulfonamides is 1. The number of aliphatic hydroxyl groups is 1. The van der Waals surface area contributed by atoms with Crippen LogP contribution in [0.3, 0.4) is 0 Å². The van der Waals surface area contributed by atoms with Crippen LogP contribution >= 0.6 is 0 Å². The minimum Gasteiger partial charge on any atom is -0.497 e. The van der Waals surface area contributed by atoms with Crippen LogP contribution in [0.2, 0.25) is 0 Å². The molecule has 0 saturated heterocycles. The van der Waals surface area contributed by atoms with Crippen molar-refractivity contribution in [1.82, 2.24) is 14.5 Å². The minimum absolute atomic E-state index is 0.0558. The van der Waals surface area contributed by atoms with E-state index >= 15 is 0 Å². The molecule has 1 heterocycles. The highest BCUT2D eigenvalue weighted by Crippen LogP contribution is 2.29. The Kier molecular flexibility index (Phi) is 13.7. The number of carbonyl (C=O) groups is 2. The number of nitrogens with one attached hydrogen (secondary N) is 2. The fraction of sp³-hybridized carbons (Fsp3) is 0.576. The van der Waals surface area contributed by atoms with Crippen molar-refractivity contribution in [2.45, 2.75) is 83.1 Å². The van der Waals surface area contributed by atoms with Crippen molar-refractivity contribution in [2.24, 2.45) is 5.92 Å². The molecular formula is C33H50N4O8S. The van der Waals surface area contributed by atoms with Crippen LogP contribution in [0.25, 0.3) is 0 Å². The average molecular weight is 663 g/mol. The maximum Gasteiger partial charge on any atom is 0.319 e. The predicted molar refractivity (Wildman–Crippen MR) is 177 cm³/mol. The fourth-order valence-corrected chi connectivity index (χ4v) is 6.35. The second kappa shape index (κ2) is 17.0. The van der Waals surface area contributed by atoms with Crippen molar-refractivity contribution >= 4 is 27.6 Å². The lowest BCUT2D eigenvalue weighted by Crippen LogP contribution is -2.48. The molecular weight excluding hydrogens is 612 g/mol. The lowest BCUT2D eigenvalue weighted by atomic mass is 10.0. The molecule has 3 rings (SSSR count). The molecule has 256 valence electrons. The Morgan fingerprint density at radius 2 is 1.83 bits per heavy atom. The molecule has 3 amide bonds. The zero-order chi connectivity index (χ0) is 34.0. The summed E-state index contributed by atoms with van der Waals surface area (Å²) >= 11 is 0. The monoisotopic (exact) mass is 662 g/mol. The number of likely N-dealkylation sites (N-methyl/N-ethyl adjacent to an activating group) is 1. The molecule has 1 aliphatic heterocycles. The van der Waals surface area contributed by atoms with E-state index in [1.54, 1.807) is 42.2 Å². The quantitative estimate of drug-likeness (QED) is 0.360. The van der Waals surface area contributed by atoms with E-state index in [1.807, 2.05) is 27.7 Å². The summed E-state index contributed by atoms with van der Waals surface area (Å²) in [6, 6.07) is 10.1. The van der Waals surface area contributed by atoms with E-state index in [1.165, 1.54) is 30.6 Å². The summed E-state index contributed by atoms with van der Waals surface area (Å²) in [5.41, 5.74) is 0.661. The SMILES string of the molecule is COc1ccc(S(=O)(=O)N(C)C[C@@H]2OCCCC[C@H](C)Oc3ccc(NC(=O)NC(C)C)cc3C(=O)N([C@H](C)CO)C[C@@H]2C)cc1. The molecule has 0 aromatic heterocycles. The van der Waals surface area contributed by atoms with Gasteiger partial charge in [0.1, 0.15) is 11.5 Å². The van der Waals surface area contributed by atoms with Crippen LogP contribution in [-0.4, -0.2) is 99.4 Å². The van der Waals surface area contributed by atoms with Crippen LogP contribution in [0.5, 0.6) is 11.5 Å². The number of fused-ring (bicyclic) bond motifs is 1. The van der Waals surface area contributed by atoms with Gasteiger partial charge in [-0.15, -0.1) is 0 Å². The van der Waals surface area contributed by atoms with Gasteiger partial charge in [-0.2, -0.15) is 4.31 Å². The second-order valence-electron chi connectivity index (χ2n) is 12.2. The number of rotatable bonds is 9. The number of urea groups is 1. The van der Waals surface area contributed by atoms with E-state index < -0.39 is 34.1 Å². The highest BCUT2D eigenvalue weighted by molar-refractivity contribution is 7.89. The lowest BCUT2D eigenvalue weighted by molar-refractivity contribution is -0.00834. The Labute approximate surface area is 273 Å². The first-order valence-corrected chi connectivity index (χ1v) is 17.2. The fourth-order valence-electron chi connectivity index (χ4n) is 5.17. The Morgan fingerprint density at radius 1 is 1.13 bits per heavy atom. The highest BCUT2D eigenvalue weighted by atomic mass is 32.2. The van der Waals surface area contributed by atoms with Gasteiger partial charge in [-0.25, -0.2) is 13.2 Å².